The van der Waals surface area contributed by atoms with Crippen molar-refractivity contribution >= 4 is 6.08 Å². The molecule has 1 heterocycles. The summed E-state index contributed by atoms with van der Waals surface area (Å²) in [4.78, 5) is 0. The fourth-order valence-corrected chi connectivity index (χ4v) is 3.18. The molecule has 0 aromatic heterocycles. The highest BCUT2D eigenvalue weighted by Crippen LogP contribution is 2.45. The third-order valence-electron chi connectivity index (χ3n) is 4.21. The lowest BCUT2D eigenvalue weighted by Gasteiger charge is -2.42. The third kappa shape index (κ3) is 1.80. The first-order valence-electron chi connectivity index (χ1n) is 6.69. The van der Waals surface area contributed by atoms with Gasteiger partial charge in [0.15, 0.2) is 0 Å². The van der Waals surface area contributed by atoms with E-state index >= 15 is 0 Å². The summed E-state index contributed by atoms with van der Waals surface area (Å²) in [5.41, 5.74) is 2.51. The summed E-state index contributed by atoms with van der Waals surface area (Å²) in [6.45, 7) is 4.53. The van der Waals surface area contributed by atoms with Gasteiger partial charge in [-0.05, 0) is 55.9 Å². The highest BCUT2D eigenvalue weighted by Gasteiger charge is 2.39. The van der Waals surface area contributed by atoms with Gasteiger partial charge in [-0.1, -0.05) is 6.92 Å². The highest BCUT2D eigenvalue weighted by atomic mass is 16.5. The molecule has 96 valence electrons. The fourth-order valence-electron chi connectivity index (χ4n) is 3.18. The van der Waals surface area contributed by atoms with E-state index in [1.807, 2.05) is 12.1 Å². The molecule has 3 rings (SSSR count). The maximum Gasteiger partial charge on any atom is 0.131 e. The number of fused-ring (bicyclic) bond motifs is 2. The summed E-state index contributed by atoms with van der Waals surface area (Å²) < 4.78 is 11.6. The van der Waals surface area contributed by atoms with Crippen LogP contribution >= 0.6 is 0 Å². The van der Waals surface area contributed by atoms with Gasteiger partial charge >= 0.3 is 0 Å². The molecule has 1 aromatic rings. The van der Waals surface area contributed by atoms with Crippen molar-refractivity contribution in [3.05, 3.63) is 29.3 Å². The number of rotatable bonds is 1. The minimum absolute atomic E-state index is 0.114. The van der Waals surface area contributed by atoms with Gasteiger partial charge in [0.2, 0.25) is 0 Å². The van der Waals surface area contributed by atoms with E-state index in [1.165, 1.54) is 17.6 Å². The first-order chi connectivity index (χ1) is 8.60. The molecule has 2 aliphatic rings. The van der Waals surface area contributed by atoms with Crippen LogP contribution in [0.15, 0.2) is 23.8 Å². The van der Waals surface area contributed by atoms with Gasteiger partial charge in [0, 0.05) is 11.6 Å². The minimum atomic E-state index is -0.114. The lowest BCUT2D eigenvalue weighted by atomic mass is 9.74. The maximum absolute atomic E-state index is 6.29. The number of hydrogen-bond donors (Lipinski definition) is 0. The van der Waals surface area contributed by atoms with Gasteiger partial charge < -0.3 is 9.47 Å². The molecule has 1 aromatic carbocycles. The van der Waals surface area contributed by atoms with E-state index in [-0.39, 0.29) is 5.60 Å². The molecule has 1 saturated carbocycles. The summed E-state index contributed by atoms with van der Waals surface area (Å²) in [5.74, 6) is 2.55. The second kappa shape index (κ2) is 4.04. The Bertz CT molecular complexity index is 504. The average Bonchev–Trinajstić information content (AvgIpc) is 2.34. The molecule has 1 aliphatic heterocycles. The summed E-state index contributed by atoms with van der Waals surface area (Å²) in [6, 6.07) is 6.07. The lowest BCUT2D eigenvalue weighted by Crippen LogP contribution is -2.41. The van der Waals surface area contributed by atoms with Crippen molar-refractivity contribution in [1.82, 2.24) is 0 Å². The summed E-state index contributed by atoms with van der Waals surface area (Å²) in [7, 11) is 1.69. The van der Waals surface area contributed by atoms with Gasteiger partial charge in [-0.3, -0.25) is 0 Å². The van der Waals surface area contributed by atoms with E-state index in [0.717, 1.165) is 30.3 Å². The highest BCUT2D eigenvalue weighted by molar-refractivity contribution is 5.66. The van der Waals surface area contributed by atoms with Crippen molar-refractivity contribution in [2.45, 2.75) is 38.7 Å². The summed E-state index contributed by atoms with van der Waals surface area (Å²) >= 11 is 0. The van der Waals surface area contributed by atoms with E-state index < -0.39 is 0 Å². The topological polar surface area (TPSA) is 18.5 Å². The minimum Gasteiger partial charge on any atom is -0.497 e. The van der Waals surface area contributed by atoms with Crippen LogP contribution in [0.3, 0.4) is 0 Å². The lowest BCUT2D eigenvalue weighted by molar-refractivity contribution is 0.0748. The molecule has 0 amide bonds. The maximum atomic E-state index is 6.29. The second-order valence-corrected chi connectivity index (χ2v) is 5.75. The molecule has 0 saturated heterocycles. The number of hydrogen-bond acceptors (Lipinski definition) is 2. The van der Waals surface area contributed by atoms with Crippen LogP contribution < -0.4 is 9.47 Å². The number of benzene rings is 1. The van der Waals surface area contributed by atoms with Gasteiger partial charge in [0.1, 0.15) is 17.1 Å². The molecule has 1 fully saturated rings. The molecule has 0 radical (unpaired) electrons. The second-order valence-electron chi connectivity index (χ2n) is 5.75. The summed E-state index contributed by atoms with van der Waals surface area (Å²) in [6.07, 6.45) is 5.85. The average molecular weight is 244 g/mol. The molecular weight excluding hydrogens is 224 g/mol. The van der Waals surface area contributed by atoms with Crippen molar-refractivity contribution in [3.8, 4) is 11.5 Å². The zero-order chi connectivity index (χ0) is 12.8. The largest absolute Gasteiger partial charge is 0.497 e. The molecule has 2 atom stereocenters. The molecular formula is C16H20O2. The molecule has 18 heavy (non-hydrogen) atoms. The number of methoxy groups -OCH3 is 1. The van der Waals surface area contributed by atoms with Crippen molar-refractivity contribution in [3.63, 3.8) is 0 Å². The smallest absolute Gasteiger partial charge is 0.131 e. The molecule has 2 heteroatoms. The van der Waals surface area contributed by atoms with Crippen LogP contribution in [0.4, 0.5) is 0 Å². The zero-order valence-electron chi connectivity index (χ0n) is 11.3. The Hall–Kier alpha value is -1.44. The van der Waals surface area contributed by atoms with Gasteiger partial charge in [0.05, 0.1) is 7.11 Å². The quantitative estimate of drug-likeness (QED) is 0.742. The van der Waals surface area contributed by atoms with Crippen LogP contribution in [0.1, 0.15) is 38.7 Å². The van der Waals surface area contributed by atoms with Crippen molar-refractivity contribution < 1.29 is 9.47 Å². The van der Waals surface area contributed by atoms with Crippen molar-refractivity contribution in [2.75, 3.05) is 7.11 Å². The predicted octanol–water partition coefficient (Wildman–Crippen LogP) is 4.05. The van der Waals surface area contributed by atoms with E-state index in [4.69, 9.17) is 9.47 Å². The van der Waals surface area contributed by atoms with E-state index in [1.54, 1.807) is 7.11 Å². The summed E-state index contributed by atoms with van der Waals surface area (Å²) in [5, 5.41) is 0. The molecule has 1 aliphatic carbocycles. The normalized spacial score (nSPS) is 29.7. The molecule has 0 spiro atoms. The van der Waals surface area contributed by atoms with Crippen LogP contribution in [0.2, 0.25) is 0 Å². The number of ether oxygens (including phenoxy) is 2. The Morgan fingerprint density at radius 1 is 1.39 bits per heavy atom. The van der Waals surface area contributed by atoms with E-state index in [0.29, 0.717) is 0 Å². The Morgan fingerprint density at radius 3 is 3.00 bits per heavy atom. The SMILES string of the molecule is COc1ccc2c(c1)O[C@@]1(C)C[C@@H](C)CCC1=C2. The monoisotopic (exact) mass is 244 g/mol. The van der Waals surface area contributed by atoms with Crippen LogP contribution in [0, 0.1) is 5.92 Å². The Morgan fingerprint density at radius 2 is 2.22 bits per heavy atom. The van der Waals surface area contributed by atoms with E-state index in [9.17, 15) is 0 Å². The van der Waals surface area contributed by atoms with Crippen LogP contribution in [-0.2, 0) is 0 Å². The van der Waals surface area contributed by atoms with Crippen LogP contribution in [0.25, 0.3) is 6.08 Å². The van der Waals surface area contributed by atoms with Crippen LogP contribution in [-0.4, -0.2) is 12.7 Å². The Kier molecular flexibility index (Phi) is 2.61. The van der Waals surface area contributed by atoms with Gasteiger partial charge in [-0.2, -0.15) is 0 Å². The standard InChI is InChI=1S/C16H20O2/c1-11-4-6-13-8-12-5-7-14(17-3)9-15(12)18-16(13,2)10-11/h5,7-9,11H,4,6,10H2,1-3H3/t11-,16-/m0/s1. The van der Waals surface area contributed by atoms with Gasteiger partial charge in [0.25, 0.3) is 0 Å². The first kappa shape index (κ1) is 11.6. The zero-order valence-corrected chi connectivity index (χ0v) is 11.3. The molecule has 0 unspecified atom stereocenters. The Labute approximate surface area is 109 Å². The first-order valence-corrected chi connectivity index (χ1v) is 6.69. The molecule has 2 nitrogen and oxygen atoms in total. The van der Waals surface area contributed by atoms with Crippen molar-refractivity contribution in [1.29, 1.82) is 0 Å². The third-order valence-corrected chi connectivity index (χ3v) is 4.21. The Balaban J connectivity index is 2.02. The van der Waals surface area contributed by atoms with Gasteiger partial charge in [-0.25, -0.2) is 0 Å². The van der Waals surface area contributed by atoms with Crippen molar-refractivity contribution in [2.24, 2.45) is 5.92 Å². The fraction of sp³-hybridized carbons (Fsp3) is 0.500. The predicted molar refractivity (Wildman–Crippen MR) is 73.0 cm³/mol. The molecule has 0 bridgehead atoms. The molecule has 0 N–H and O–H groups in total. The van der Waals surface area contributed by atoms with Gasteiger partial charge in [-0.15, -0.1) is 0 Å². The van der Waals surface area contributed by atoms with Crippen LogP contribution in [0.5, 0.6) is 11.5 Å². The van der Waals surface area contributed by atoms with E-state index in [2.05, 4.69) is 26.0 Å².